The lowest BCUT2D eigenvalue weighted by Crippen LogP contribution is -2.16. The average Bonchev–Trinajstić information content (AvgIpc) is 2.33. The Morgan fingerprint density at radius 1 is 1.38 bits per heavy atom. The Kier molecular flexibility index (Phi) is 5.17. The lowest BCUT2D eigenvalue weighted by molar-refractivity contribution is 0.0463. The fourth-order valence-corrected chi connectivity index (χ4v) is 3.25. The van der Waals surface area contributed by atoms with Crippen molar-refractivity contribution in [1.29, 1.82) is 0 Å². The molecule has 1 aromatic carbocycles. The second kappa shape index (κ2) is 6.55. The van der Waals surface area contributed by atoms with Crippen LogP contribution in [0.4, 0.5) is 0 Å². The minimum absolute atomic E-state index is 0.135. The van der Waals surface area contributed by atoms with Gasteiger partial charge in [0.1, 0.15) is 0 Å². The Bertz CT molecular complexity index is 651. The van der Waals surface area contributed by atoms with Crippen LogP contribution in [0.15, 0.2) is 17.0 Å². The highest BCUT2D eigenvalue weighted by molar-refractivity contribution is 8.13. The third-order valence-corrected chi connectivity index (χ3v) is 5.53. The number of hydrogen-bond donors (Lipinski definition) is 0. The minimum atomic E-state index is -3.95. The van der Waals surface area contributed by atoms with Gasteiger partial charge in [0.25, 0.3) is 9.05 Å². The molecule has 0 N–H and O–H groups in total. The Morgan fingerprint density at radius 3 is 2.57 bits per heavy atom. The molecule has 7 heteroatoms. The molecule has 4 nitrogen and oxygen atoms in total. The molecule has 1 fully saturated rings. The van der Waals surface area contributed by atoms with Crippen molar-refractivity contribution >= 4 is 37.3 Å². The first-order chi connectivity index (χ1) is 9.79. The van der Waals surface area contributed by atoms with Gasteiger partial charge in [-0.2, -0.15) is 0 Å². The van der Waals surface area contributed by atoms with Crippen molar-refractivity contribution in [2.24, 2.45) is 5.92 Å². The van der Waals surface area contributed by atoms with Crippen LogP contribution in [0.5, 0.6) is 0 Å². The molecular weight excluding hydrogens is 335 g/mol. The maximum Gasteiger partial charge on any atom is 0.338 e. The van der Waals surface area contributed by atoms with Crippen LogP contribution < -0.4 is 0 Å². The van der Waals surface area contributed by atoms with Crippen molar-refractivity contribution in [1.82, 2.24) is 0 Å². The summed E-state index contributed by atoms with van der Waals surface area (Å²) in [7, 11) is 1.35. The number of halogens is 2. The summed E-state index contributed by atoms with van der Waals surface area (Å²) in [5, 5.41) is 0.169. The van der Waals surface area contributed by atoms with E-state index in [0.717, 1.165) is 6.42 Å². The molecule has 1 aliphatic rings. The van der Waals surface area contributed by atoms with Crippen LogP contribution in [0.2, 0.25) is 5.02 Å². The molecule has 1 saturated carbocycles. The molecule has 0 amide bonds. The molecule has 1 aliphatic carbocycles. The summed E-state index contributed by atoms with van der Waals surface area (Å²) in [5.41, 5.74) is 0.615. The predicted molar refractivity (Wildman–Crippen MR) is 81.5 cm³/mol. The van der Waals surface area contributed by atoms with E-state index in [0.29, 0.717) is 18.1 Å². The molecule has 0 unspecified atom stereocenters. The van der Waals surface area contributed by atoms with E-state index < -0.39 is 15.0 Å². The smallest absolute Gasteiger partial charge is 0.338 e. The molecule has 116 valence electrons. The first-order valence-corrected chi connectivity index (χ1v) is 9.39. The topological polar surface area (TPSA) is 60.4 Å². The first-order valence-electron chi connectivity index (χ1n) is 6.71. The number of hydrogen-bond acceptors (Lipinski definition) is 4. The van der Waals surface area contributed by atoms with Gasteiger partial charge < -0.3 is 4.74 Å². The number of benzene rings is 1. The lowest BCUT2D eigenvalue weighted by Gasteiger charge is -2.24. The Balaban J connectivity index is 2.13. The van der Waals surface area contributed by atoms with Crippen LogP contribution in [0, 0.1) is 12.8 Å². The van der Waals surface area contributed by atoms with E-state index in [-0.39, 0.29) is 15.5 Å². The standard InChI is InChI=1S/C14H16Cl2O4S/c1-9-12(7-11(8-13(9)15)21(16,18)19)14(17)20-6-5-10-3-2-4-10/h7-8,10H,2-6H2,1H3. The van der Waals surface area contributed by atoms with Crippen molar-refractivity contribution in [2.75, 3.05) is 6.61 Å². The summed E-state index contributed by atoms with van der Waals surface area (Å²) < 4.78 is 28.0. The van der Waals surface area contributed by atoms with Gasteiger partial charge in [-0.15, -0.1) is 0 Å². The van der Waals surface area contributed by atoms with Gasteiger partial charge >= 0.3 is 5.97 Å². The fraction of sp³-hybridized carbons (Fsp3) is 0.500. The van der Waals surface area contributed by atoms with E-state index in [2.05, 4.69) is 0 Å². The van der Waals surface area contributed by atoms with Gasteiger partial charge in [0.2, 0.25) is 0 Å². The second-order valence-corrected chi connectivity index (χ2v) is 8.21. The van der Waals surface area contributed by atoms with Gasteiger partial charge in [-0.05, 0) is 37.0 Å². The maximum absolute atomic E-state index is 12.1. The van der Waals surface area contributed by atoms with Crippen LogP contribution in [0.25, 0.3) is 0 Å². The molecule has 0 aromatic heterocycles. The molecular formula is C14H16Cl2O4S. The van der Waals surface area contributed by atoms with E-state index in [9.17, 15) is 13.2 Å². The molecule has 1 aromatic rings. The zero-order chi connectivity index (χ0) is 15.6. The molecule has 0 spiro atoms. The summed E-state index contributed by atoms with van der Waals surface area (Å²) in [6.45, 7) is 1.97. The van der Waals surface area contributed by atoms with Crippen LogP contribution in [-0.4, -0.2) is 21.0 Å². The average molecular weight is 351 g/mol. The molecule has 2 rings (SSSR count). The fourth-order valence-electron chi connectivity index (χ4n) is 2.18. The van der Waals surface area contributed by atoms with Gasteiger partial charge in [0, 0.05) is 15.7 Å². The van der Waals surface area contributed by atoms with Gasteiger partial charge in [0.15, 0.2) is 0 Å². The zero-order valence-electron chi connectivity index (χ0n) is 11.6. The number of ether oxygens (including phenoxy) is 1. The Labute approximate surface area is 133 Å². The van der Waals surface area contributed by atoms with Crippen molar-refractivity contribution in [3.05, 3.63) is 28.3 Å². The Hall–Kier alpha value is -0.780. The summed E-state index contributed by atoms with van der Waals surface area (Å²) in [5.74, 6) is 0.0629. The highest BCUT2D eigenvalue weighted by Crippen LogP contribution is 2.30. The van der Waals surface area contributed by atoms with E-state index in [1.54, 1.807) is 6.92 Å². The van der Waals surface area contributed by atoms with Crippen LogP contribution in [0.3, 0.4) is 0 Å². The normalized spacial score (nSPS) is 15.6. The van der Waals surface area contributed by atoms with Gasteiger partial charge in [-0.25, -0.2) is 13.2 Å². The van der Waals surface area contributed by atoms with Crippen molar-refractivity contribution < 1.29 is 17.9 Å². The van der Waals surface area contributed by atoms with Gasteiger partial charge in [-0.3, -0.25) is 0 Å². The van der Waals surface area contributed by atoms with E-state index in [1.165, 1.54) is 31.4 Å². The first kappa shape index (κ1) is 16.6. The van der Waals surface area contributed by atoms with Crippen molar-refractivity contribution in [3.8, 4) is 0 Å². The molecule has 0 saturated heterocycles. The lowest BCUT2D eigenvalue weighted by atomic mass is 9.83. The van der Waals surface area contributed by atoms with E-state index in [1.807, 2.05) is 0 Å². The molecule has 0 atom stereocenters. The molecule has 0 radical (unpaired) electrons. The van der Waals surface area contributed by atoms with Crippen LogP contribution >= 0.6 is 22.3 Å². The van der Waals surface area contributed by atoms with Crippen LogP contribution in [-0.2, 0) is 13.8 Å². The summed E-state index contributed by atoms with van der Waals surface area (Å²) in [6, 6.07) is 2.43. The summed E-state index contributed by atoms with van der Waals surface area (Å²) in [4.78, 5) is 11.9. The summed E-state index contributed by atoms with van der Waals surface area (Å²) >= 11 is 5.95. The molecule has 0 aliphatic heterocycles. The SMILES string of the molecule is Cc1c(Cl)cc(S(=O)(=O)Cl)cc1C(=O)OCCC1CCC1. The van der Waals surface area contributed by atoms with Crippen molar-refractivity contribution in [3.63, 3.8) is 0 Å². The highest BCUT2D eigenvalue weighted by atomic mass is 35.7. The highest BCUT2D eigenvalue weighted by Gasteiger charge is 2.21. The monoisotopic (exact) mass is 350 g/mol. The third-order valence-electron chi connectivity index (χ3n) is 3.80. The molecule has 0 heterocycles. The number of carbonyl (C=O) groups is 1. The number of carbonyl (C=O) groups excluding carboxylic acids is 1. The Morgan fingerprint density at radius 2 is 2.05 bits per heavy atom. The number of esters is 1. The minimum Gasteiger partial charge on any atom is -0.462 e. The second-order valence-electron chi connectivity index (χ2n) is 5.24. The van der Waals surface area contributed by atoms with E-state index >= 15 is 0 Å². The van der Waals surface area contributed by atoms with Crippen LogP contribution in [0.1, 0.15) is 41.6 Å². The largest absolute Gasteiger partial charge is 0.462 e. The van der Waals surface area contributed by atoms with E-state index in [4.69, 9.17) is 27.0 Å². The third kappa shape index (κ3) is 4.11. The summed E-state index contributed by atoms with van der Waals surface area (Å²) in [6.07, 6.45) is 4.44. The van der Waals surface area contributed by atoms with Gasteiger partial charge in [0.05, 0.1) is 17.1 Å². The molecule has 0 bridgehead atoms. The maximum atomic E-state index is 12.1. The van der Waals surface area contributed by atoms with Crippen molar-refractivity contribution in [2.45, 2.75) is 37.5 Å². The van der Waals surface area contributed by atoms with Gasteiger partial charge in [-0.1, -0.05) is 30.9 Å². The molecule has 21 heavy (non-hydrogen) atoms. The quantitative estimate of drug-likeness (QED) is 0.596. The predicted octanol–water partition coefficient (Wildman–Crippen LogP) is 3.92. The zero-order valence-corrected chi connectivity index (χ0v) is 13.9. The number of rotatable bonds is 5.